The van der Waals surface area contributed by atoms with Gasteiger partial charge in [-0.1, -0.05) is 51.5 Å². The van der Waals surface area contributed by atoms with Crippen LogP contribution in [-0.2, 0) is 24.9 Å². The molecule has 0 radical (unpaired) electrons. The highest BCUT2D eigenvalue weighted by atomic mass is 16.1. The number of aliphatic imine (C=N–C) groups is 1. The highest BCUT2D eigenvalue weighted by Crippen LogP contribution is 2.35. The maximum absolute atomic E-state index is 14.0. The van der Waals surface area contributed by atoms with Crippen LogP contribution in [0, 0.1) is 5.92 Å². The van der Waals surface area contributed by atoms with Gasteiger partial charge in [-0.05, 0) is 42.0 Å². The van der Waals surface area contributed by atoms with E-state index in [9.17, 15) is 4.79 Å². The summed E-state index contributed by atoms with van der Waals surface area (Å²) in [6.07, 6.45) is 13.2. The van der Waals surface area contributed by atoms with Crippen LogP contribution in [0.2, 0.25) is 0 Å². The van der Waals surface area contributed by atoms with E-state index in [0.29, 0.717) is 24.7 Å². The quantitative estimate of drug-likeness (QED) is 0.355. The summed E-state index contributed by atoms with van der Waals surface area (Å²) in [4.78, 5) is 18.3. The molecule has 1 aliphatic rings. The first kappa shape index (κ1) is 24.6. The Bertz CT molecular complexity index is 1460. The molecule has 0 amide bonds. The fourth-order valence-electron chi connectivity index (χ4n) is 4.92. The van der Waals surface area contributed by atoms with Crippen LogP contribution in [0.4, 0.5) is 0 Å². The van der Waals surface area contributed by atoms with Crippen molar-refractivity contribution in [1.82, 2.24) is 39.5 Å². The number of hydrogen-bond acceptors (Lipinski definition) is 6. The maximum Gasteiger partial charge on any atom is 0.334 e. The summed E-state index contributed by atoms with van der Waals surface area (Å²) in [5.74, 6) is 1.75. The predicted octanol–water partition coefficient (Wildman–Crippen LogP) is 3.94. The zero-order valence-electron chi connectivity index (χ0n) is 21.6. The Morgan fingerprint density at radius 2 is 2.11 bits per heavy atom. The Labute approximate surface area is 215 Å². The Kier molecular flexibility index (Phi) is 6.98. The first-order valence-electron chi connectivity index (χ1n) is 12.9. The molecule has 0 fully saturated rings. The van der Waals surface area contributed by atoms with Crippen molar-refractivity contribution >= 4 is 6.21 Å². The number of H-pyrrole nitrogens is 1. The molecular formula is C27H33N9O. The molecule has 0 spiro atoms. The highest BCUT2D eigenvalue weighted by molar-refractivity contribution is 5.65. The lowest BCUT2D eigenvalue weighted by Crippen LogP contribution is -2.37. The summed E-state index contributed by atoms with van der Waals surface area (Å²) in [7, 11) is 0. The number of aromatic nitrogens is 8. The van der Waals surface area contributed by atoms with Gasteiger partial charge in [0.05, 0.1) is 6.20 Å². The molecule has 1 unspecified atom stereocenters. The zero-order valence-corrected chi connectivity index (χ0v) is 21.6. The molecule has 192 valence electrons. The molecule has 3 aromatic heterocycles. The number of tetrazole rings is 1. The lowest BCUT2D eigenvalue weighted by atomic mass is 9.76. The number of imidazole rings is 1. The fourth-order valence-corrected chi connectivity index (χ4v) is 4.92. The number of aromatic amines is 1. The van der Waals surface area contributed by atoms with Crippen LogP contribution in [0.5, 0.6) is 0 Å². The molecule has 37 heavy (non-hydrogen) atoms. The Hall–Kier alpha value is -4.08. The van der Waals surface area contributed by atoms with Crippen LogP contribution in [-0.4, -0.2) is 45.8 Å². The van der Waals surface area contributed by atoms with E-state index in [0.717, 1.165) is 48.4 Å². The van der Waals surface area contributed by atoms with E-state index >= 15 is 0 Å². The third kappa shape index (κ3) is 4.96. The molecule has 0 saturated carbocycles. The van der Waals surface area contributed by atoms with Gasteiger partial charge >= 0.3 is 5.69 Å². The minimum atomic E-state index is -0.448. The number of rotatable bonds is 10. The number of aryl methyl sites for hydroxylation is 1. The van der Waals surface area contributed by atoms with Gasteiger partial charge < -0.3 is 0 Å². The number of hydrogen-bond donors (Lipinski definition) is 1. The van der Waals surface area contributed by atoms with Crippen molar-refractivity contribution < 1.29 is 0 Å². The number of allylic oxidation sites excluding steroid dienone is 1. The van der Waals surface area contributed by atoms with Gasteiger partial charge in [0.1, 0.15) is 5.82 Å². The summed E-state index contributed by atoms with van der Waals surface area (Å²) >= 11 is 0. The zero-order chi connectivity index (χ0) is 25.8. The molecule has 1 N–H and O–H groups in total. The lowest BCUT2D eigenvalue weighted by molar-refractivity contribution is 0.436. The second-order valence-corrected chi connectivity index (χ2v) is 10.1. The van der Waals surface area contributed by atoms with Gasteiger partial charge in [-0.2, -0.15) is 10.3 Å². The van der Waals surface area contributed by atoms with Crippen LogP contribution in [0.25, 0.3) is 17.2 Å². The van der Waals surface area contributed by atoms with E-state index in [-0.39, 0.29) is 5.69 Å². The molecule has 0 saturated heterocycles. The average Bonchev–Trinajstić information content (AvgIpc) is 3.66. The molecule has 5 rings (SSSR count). The monoisotopic (exact) mass is 499 g/mol. The third-order valence-electron chi connectivity index (χ3n) is 6.85. The predicted molar refractivity (Wildman–Crippen MR) is 143 cm³/mol. The van der Waals surface area contributed by atoms with Crippen molar-refractivity contribution in [2.24, 2.45) is 10.9 Å². The van der Waals surface area contributed by atoms with Gasteiger partial charge in [0.15, 0.2) is 0 Å². The molecule has 4 heterocycles. The second-order valence-electron chi connectivity index (χ2n) is 10.1. The lowest BCUT2D eigenvalue weighted by Gasteiger charge is -2.32. The van der Waals surface area contributed by atoms with Crippen molar-refractivity contribution in [1.29, 1.82) is 0 Å². The van der Waals surface area contributed by atoms with E-state index < -0.39 is 5.41 Å². The van der Waals surface area contributed by atoms with Crippen molar-refractivity contribution in [3.63, 3.8) is 0 Å². The van der Waals surface area contributed by atoms with Crippen LogP contribution in [0.15, 0.2) is 64.8 Å². The maximum atomic E-state index is 14.0. The summed E-state index contributed by atoms with van der Waals surface area (Å²) in [6.45, 7) is 7.71. The smallest absolute Gasteiger partial charge is 0.295 e. The van der Waals surface area contributed by atoms with E-state index in [1.54, 1.807) is 10.8 Å². The number of nitrogens with zero attached hydrogens (tertiary/aromatic N) is 8. The SMILES string of the molecule is CCCCc1cn(-c2ccnn2CC(C)C)c(=O)n1CC1(c2cccc(-c3nn[nH]n3)c2)C=CN=CC1. The summed E-state index contributed by atoms with van der Waals surface area (Å²) in [6, 6.07) is 10.1. The summed E-state index contributed by atoms with van der Waals surface area (Å²) in [5.41, 5.74) is 2.46. The number of nitrogens with one attached hydrogen (secondary N) is 1. The fraction of sp³-hybridized carbons (Fsp3) is 0.407. The van der Waals surface area contributed by atoms with Gasteiger partial charge in [0.2, 0.25) is 5.82 Å². The molecule has 1 aliphatic heterocycles. The molecule has 4 aromatic rings. The minimum absolute atomic E-state index is 0.0544. The summed E-state index contributed by atoms with van der Waals surface area (Å²) in [5, 5.41) is 19.0. The molecule has 0 bridgehead atoms. The normalized spacial score (nSPS) is 17.2. The van der Waals surface area contributed by atoms with Crippen LogP contribution in [0.1, 0.15) is 51.3 Å². The average molecular weight is 500 g/mol. The van der Waals surface area contributed by atoms with Gasteiger partial charge in [-0.15, -0.1) is 10.2 Å². The Morgan fingerprint density at radius 3 is 2.84 bits per heavy atom. The van der Waals surface area contributed by atoms with Crippen molar-refractivity contribution in [2.45, 2.75) is 65.0 Å². The van der Waals surface area contributed by atoms with Crippen LogP contribution in [0.3, 0.4) is 0 Å². The molecule has 1 atom stereocenters. The van der Waals surface area contributed by atoms with E-state index in [4.69, 9.17) is 0 Å². The van der Waals surface area contributed by atoms with Crippen LogP contribution >= 0.6 is 0 Å². The molecule has 10 nitrogen and oxygen atoms in total. The van der Waals surface area contributed by atoms with Gasteiger partial charge in [-0.25, -0.2) is 9.48 Å². The van der Waals surface area contributed by atoms with Crippen molar-refractivity contribution in [3.05, 3.63) is 76.7 Å². The second kappa shape index (κ2) is 10.5. The molecular weight excluding hydrogens is 466 g/mol. The molecule has 10 heteroatoms. The van der Waals surface area contributed by atoms with Crippen molar-refractivity contribution in [3.8, 4) is 17.2 Å². The Balaban J connectivity index is 1.59. The van der Waals surface area contributed by atoms with Crippen LogP contribution < -0.4 is 5.69 Å². The highest BCUT2D eigenvalue weighted by Gasteiger charge is 2.33. The third-order valence-corrected chi connectivity index (χ3v) is 6.85. The number of unbranched alkanes of at least 4 members (excludes halogenated alkanes) is 1. The van der Waals surface area contributed by atoms with E-state index in [2.05, 4.69) is 69.7 Å². The topological polar surface area (TPSA) is 112 Å². The number of benzene rings is 1. The minimum Gasteiger partial charge on any atom is -0.295 e. The van der Waals surface area contributed by atoms with Gasteiger partial charge in [0.25, 0.3) is 0 Å². The van der Waals surface area contributed by atoms with E-state index in [1.165, 1.54) is 0 Å². The van der Waals surface area contributed by atoms with Gasteiger partial charge in [0, 0.05) is 54.4 Å². The van der Waals surface area contributed by atoms with Crippen molar-refractivity contribution in [2.75, 3.05) is 0 Å². The first-order chi connectivity index (χ1) is 18.0. The molecule has 1 aromatic carbocycles. The Morgan fingerprint density at radius 1 is 1.22 bits per heavy atom. The first-order valence-corrected chi connectivity index (χ1v) is 12.9. The van der Waals surface area contributed by atoms with Gasteiger partial charge in [-0.3, -0.25) is 14.1 Å². The molecule has 0 aliphatic carbocycles. The summed E-state index contributed by atoms with van der Waals surface area (Å²) < 4.78 is 5.61. The largest absolute Gasteiger partial charge is 0.334 e. The standard InChI is InChI=1S/C27H33N9O/c1-4-5-9-23-18-34(24-10-13-29-36(24)17-20(2)3)26(37)35(23)19-27(11-14-28-15-12-27)22-8-6-7-21(16-22)25-30-32-33-31-25/h6-8,10-11,13-16,18,20H,4-5,9,12,17,19H2,1-3H3,(H,30,31,32,33). The van der Waals surface area contributed by atoms with E-state index in [1.807, 2.05) is 46.1 Å².